The lowest BCUT2D eigenvalue weighted by Crippen LogP contribution is -2.40. The van der Waals surface area contributed by atoms with E-state index in [1.54, 1.807) is 6.26 Å². The van der Waals surface area contributed by atoms with Gasteiger partial charge < -0.3 is 14.1 Å². The Bertz CT molecular complexity index is 616. The third-order valence-electron chi connectivity index (χ3n) is 4.89. The first-order valence-corrected chi connectivity index (χ1v) is 8.32. The number of anilines is 1. The molecule has 0 amide bonds. The summed E-state index contributed by atoms with van der Waals surface area (Å²) in [5, 5.41) is 0. The third kappa shape index (κ3) is 3.26. The molecule has 0 aromatic carbocycles. The van der Waals surface area contributed by atoms with Gasteiger partial charge in [-0.05, 0) is 30.7 Å². The van der Waals surface area contributed by atoms with Crippen LogP contribution < -0.4 is 4.90 Å². The van der Waals surface area contributed by atoms with Crippen LogP contribution in [0.5, 0.6) is 0 Å². The fourth-order valence-electron chi connectivity index (χ4n) is 3.76. The Morgan fingerprint density at radius 3 is 2.96 bits per heavy atom. The van der Waals surface area contributed by atoms with E-state index in [1.165, 1.54) is 0 Å². The zero-order valence-electron chi connectivity index (χ0n) is 13.4. The monoisotopic (exact) mass is 313 g/mol. The molecule has 5 heteroatoms. The van der Waals surface area contributed by atoms with Crippen molar-refractivity contribution in [2.75, 3.05) is 44.3 Å². The zero-order chi connectivity index (χ0) is 15.5. The van der Waals surface area contributed by atoms with E-state index in [1.807, 2.05) is 24.4 Å². The maximum atomic E-state index is 5.95. The van der Waals surface area contributed by atoms with Crippen molar-refractivity contribution in [2.45, 2.75) is 13.0 Å². The molecule has 0 aliphatic carbocycles. The SMILES string of the molecule is c1ccc(N2CCC3(COCCN(Cc4ccco4)C3)C2)nc1. The molecule has 4 rings (SSSR count). The Hall–Kier alpha value is -1.85. The lowest BCUT2D eigenvalue weighted by Gasteiger charge is -2.31. The summed E-state index contributed by atoms with van der Waals surface area (Å²) in [6.45, 7) is 6.58. The second kappa shape index (κ2) is 6.34. The van der Waals surface area contributed by atoms with E-state index in [2.05, 4.69) is 26.9 Å². The van der Waals surface area contributed by atoms with Gasteiger partial charge in [-0.25, -0.2) is 4.98 Å². The van der Waals surface area contributed by atoms with Crippen LogP contribution in [0.3, 0.4) is 0 Å². The molecule has 5 nitrogen and oxygen atoms in total. The molecule has 0 saturated carbocycles. The molecule has 2 fully saturated rings. The summed E-state index contributed by atoms with van der Waals surface area (Å²) in [4.78, 5) is 9.35. The van der Waals surface area contributed by atoms with Gasteiger partial charge in [-0.3, -0.25) is 4.90 Å². The zero-order valence-corrected chi connectivity index (χ0v) is 13.4. The fourth-order valence-corrected chi connectivity index (χ4v) is 3.76. The van der Waals surface area contributed by atoms with Gasteiger partial charge in [-0.15, -0.1) is 0 Å². The minimum atomic E-state index is 0.195. The summed E-state index contributed by atoms with van der Waals surface area (Å²) in [5.74, 6) is 2.10. The van der Waals surface area contributed by atoms with Crippen molar-refractivity contribution < 1.29 is 9.15 Å². The lowest BCUT2D eigenvalue weighted by molar-refractivity contribution is 0.0797. The first kappa shape index (κ1) is 14.7. The lowest BCUT2D eigenvalue weighted by atomic mass is 9.87. The molecule has 23 heavy (non-hydrogen) atoms. The van der Waals surface area contributed by atoms with E-state index < -0.39 is 0 Å². The van der Waals surface area contributed by atoms with Crippen molar-refractivity contribution in [2.24, 2.45) is 5.41 Å². The van der Waals surface area contributed by atoms with Gasteiger partial charge >= 0.3 is 0 Å². The molecule has 4 heterocycles. The number of pyridine rings is 1. The summed E-state index contributed by atoms with van der Waals surface area (Å²) in [6, 6.07) is 10.1. The first-order valence-electron chi connectivity index (χ1n) is 8.32. The smallest absolute Gasteiger partial charge is 0.128 e. The van der Waals surface area contributed by atoms with Crippen molar-refractivity contribution in [1.82, 2.24) is 9.88 Å². The predicted octanol–water partition coefficient (Wildman–Crippen LogP) is 2.40. The molecule has 2 saturated heterocycles. The summed E-state index contributed by atoms with van der Waals surface area (Å²) in [6.07, 6.45) is 4.77. The minimum absolute atomic E-state index is 0.195. The van der Waals surface area contributed by atoms with E-state index in [4.69, 9.17) is 9.15 Å². The summed E-state index contributed by atoms with van der Waals surface area (Å²) >= 11 is 0. The Balaban J connectivity index is 1.46. The molecule has 2 aliphatic heterocycles. The van der Waals surface area contributed by atoms with Gasteiger partial charge in [-0.2, -0.15) is 0 Å². The minimum Gasteiger partial charge on any atom is -0.468 e. The molecule has 2 aliphatic rings. The third-order valence-corrected chi connectivity index (χ3v) is 4.89. The van der Waals surface area contributed by atoms with Crippen molar-refractivity contribution in [1.29, 1.82) is 0 Å². The summed E-state index contributed by atoms with van der Waals surface area (Å²) in [7, 11) is 0. The molecule has 122 valence electrons. The molecular weight excluding hydrogens is 290 g/mol. The van der Waals surface area contributed by atoms with Crippen LogP contribution in [-0.2, 0) is 11.3 Å². The number of aromatic nitrogens is 1. The van der Waals surface area contributed by atoms with Gasteiger partial charge in [-0.1, -0.05) is 6.07 Å². The second-order valence-corrected chi connectivity index (χ2v) is 6.70. The predicted molar refractivity (Wildman–Crippen MR) is 88.3 cm³/mol. The summed E-state index contributed by atoms with van der Waals surface area (Å²) < 4.78 is 11.5. The quantitative estimate of drug-likeness (QED) is 0.870. The van der Waals surface area contributed by atoms with E-state index >= 15 is 0 Å². The molecule has 1 spiro atoms. The molecule has 1 atom stereocenters. The number of nitrogens with zero attached hydrogens (tertiary/aromatic N) is 3. The van der Waals surface area contributed by atoms with Gasteiger partial charge in [0.05, 0.1) is 26.0 Å². The maximum Gasteiger partial charge on any atom is 0.128 e. The van der Waals surface area contributed by atoms with E-state index in [-0.39, 0.29) is 5.41 Å². The van der Waals surface area contributed by atoms with Crippen LogP contribution in [0.4, 0.5) is 5.82 Å². The average molecular weight is 313 g/mol. The van der Waals surface area contributed by atoms with Crippen molar-refractivity contribution in [3.63, 3.8) is 0 Å². The average Bonchev–Trinajstić information content (AvgIpc) is 3.18. The van der Waals surface area contributed by atoms with Crippen molar-refractivity contribution in [3.05, 3.63) is 48.6 Å². The highest BCUT2D eigenvalue weighted by atomic mass is 16.5. The molecule has 0 radical (unpaired) electrons. The van der Waals surface area contributed by atoms with Crippen LogP contribution in [-0.4, -0.2) is 49.3 Å². The number of rotatable bonds is 3. The van der Waals surface area contributed by atoms with Crippen molar-refractivity contribution >= 4 is 5.82 Å². The maximum absolute atomic E-state index is 5.95. The Labute approximate surface area is 136 Å². The van der Waals surface area contributed by atoms with E-state index in [0.717, 1.165) is 63.9 Å². The van der Waals surface area contributed by atoms with Gasteiger partial charge in [0.15, 0.2) is 0 Å². The number of hydrogen-bond donors (Lipinski definition) is 0. The second-order valence-electron chi connectivity index (χ2n) is 6.70. The first-order chi connectivity index (χ1) is 11.3. The molecule has 2 aromatic rings. The largest absolute Gasteiger partial charge is 0.468 e. The Kier molecular flexibility index (Phi) is 4.06. The number of furan rings is 1. The molecule has 0 N–H and O–H groups in total. The van der Waals surface area contributed by atoms with E-state index in [0.29, 0.717) is 0 Å². The van der Waals surface area contributed by atoms with Crippen LogP contribution in [0.1, 0.15) is 12.2 Å². The highest BCUT2D eigenvalue weighted by Gasteiger charge is 2.41. The van der Waals surface area contributed by atoms with Gasteiger partial charge in [0.25, 0.3) is 0 Å². The van der Waals surface area contributed by atoms with Gasteiger partial charge in [0.2, 0.25) is 0 Å². The van der Waals surface area contributed by atoms with Crippen LogP contribution in [0, 0.1) is 5.41 Å². The van der Waals surface area contributed by atoms with Crippen LogP contribution in [0.25, 0.3) is 0 Å². The van der Waals surface area contributed by atoms with Gasteiger partial charge in [0.1, 0.15) is 11.6 Å². The Morgan fingerprint density at radius 2 is 2.13 bits per heavy atom. The van der Waals surface area contributed by atoms with Crippen LogP contribution >= 0.6 is 0 Å². The normalized spacial score (nSPS) is 25.8. The van der Waals surface area contributed by atoms with Crippen molar-refractivity contribution in [3.8, 4) is 0 Å². The van der Waals surface area contributed by atoms with Crippen LogP contribution in [0.15, 0.2) is 47.2 Å². The summed E-state index contributed by atoms with van der Waals surface area (Å²) in [5.41, 5.74) is 0.195. The standard InChI is InChI=1S/C18H23N3O2/c1-2-7-19-17(5-1)21-8-6-18(14-21)13-20(9-11-22-15-18)12-16-4-3-10-23-16/h1-5,7,10H,6,8-9,11-15H2. The highest BCUT2D eigenvalue weighted by molar-refractivity contribution is 5.40. The highest BCUT2D eigenvalue weighted by Crippen LogP contribution is 2.35. The van der Waals surface area contributed by atoms with E-state index in [9.17, 15) is 0 Å². The Morgan fingerprint density at radius 1 is 1.13 bits per heavy atom. The molecule has 0 bridgehead atoms. The fraction of sp³-hybridized carbons (Fsp3) is 0.500. The topological polar surface area (TPSA) is 41.7 Å². The van der Waals surface area contributed by atoms with Crippen LogP contribution in [0.2, 0.25) is 0 Å². The number of ether oxygens (including phenoxy) is 1. The number of hydrogen-bond acceptors (Lipinski definition) is 5. The molecule has 2 aromatic heterocycles. The molecule has 1 unspecified atom stereocenters. The molecular formula is C18H23N3O2. The van der Waals surface area contributed by atoms with Gasteiger partial charge in [0, 0.05) is 37.8 Å².